The van der Waals surface area contributed by atoms with Gasteiger partial charge in [-0.25, -0.2) is 0 Å². The molecule has 1 aliphatic heterocycles. The number of anilines is 1. The molecule has 0 spiro atoms. The van der Waals surface area contributed by atoms with Gasteiger partial charge in [-0.2, -0.15) is 0 Å². The van der Waals surface area contributed by atoms with Crippen LogP contribution in [0.2, 0.25) is 0 Å². The van der Waals surface area contributed by atoms with Crippen LogP contribution in [0.1, 0.15) is 41.7 Å². The van der Waals surface area contributed by atoms with Crippen molar-refractivity contribution in [2.45, 2.75) is 52.0 Å². The Morgan fingerprint density at radius 1 is 0.577 bits per heavy atom. The molecule has 1 fully saturated rings. The number of carbonyl (C=O) groups excluding carboxylic acids is 1. The first-order chi connectivity index (χ1) is 25.6. The van der Waals surface area contributed by atoms with Gasteiger partial charge in [-0.1, -0.05) is 43.3 Å². The largest absolute Gasteiger partial charge is 0.326 e. The average Bonchev–Trinajstić information content (AvgIpc) is 3.18. The number of benzene rings is 1. The first kappa shape index (κ1) is 36.9. The van der Waals surface area contributed by atoms with Gasteiger partial charge in [-0.3, -0.25) is 44.3 Å². The van der Waals surface area contributed by atoms with Crippen LogP contribution in [-0.2, 0) is 37.4 Å². The van der Waals surface area contributed by atoms with E-state index in [0.717, 1.165) is 107 Å². The van der Waals surface area contributed by atoms with E-state index in [-0.39, 0.29) is 11.9 Å². The molecule has 5 heterocycles. The van der Waals surface area contributed by atoms with E-state index in [1.165, 1.54) is 5.56 Å². The summed E-state index contributed by atoms with van der Waals surface area (Å²) in [5.41, 5.74) is 6.35. The number of nitrogens with zero attached hydrogens (tertiary/aromatic N) is 8. The first-order valence-electron chi connectivity index (χ1n) is 18.5. The van der Waals surface area contributed by atoms with E-state index in [2.05, 4.69) is 90.6 Å². The smallest absolute Gasteiger partial charge is 0.224 e. The molecule has 10 heteroatoms. The molecule has 0 bridgehead atoms. The Kier molecular flexibility index (Phi) is 14.0. The molecule has 1 unspecified atom stereocenters. The highest BCUT2D eigenvalue weighted by Crippen LogP contribution is 2.19. The molecule has 0 radical (unpaired) electrons. The summed E-state index contributed by atoms with van der Waals surface area (Å²) in [5, 5.41) is 3.00. The molecule has 1 saturated heterocycles. The third kappa shape index (κ3) is 11.8. The van der Waals surface area contributed by atoms with Crippen molar-refractivity contribution in [1.82, 2.24) is 39.5 Å². The maximum Gasteiger partial charge on any atom is 0.224 e. The fraction of sp³-hybridized carbons (Fsp3) is 0.357. The number of pyridine rings is 4. The zero-order chi connectivity index (χ0) is 35.8. The van der Waals surface area contributed by atoms with Crippen LogP contribution >= 0.6 is 0 Å². The van der Waals surface area contributed by atoms with Crippen LogP contribution in [-0.4, -0.2) is 97.3 Å². The Labute approximate surface area is 308 Å². The normalized spacial score (nSPS) is 17.2. The second kappa shape index (κ2) is 19.7. The van der Waals surface area contributed by atoms with Gasteiger partial charge in [0.25, 0.3) is 0 Å². The molecule has 0 aliphatic carbocycles. The van der Waals surface area contributed by atoms with Gasteiger partial charge in [0.15, 0.2) is 0 Å². The minimum atomic E-state index is 0.0195. The number of hydrogen-bond acceptors (Lipinski definition) is 9. The summed E-state index contributed by atoms with van der Waals surface area (Å²) < 4.78 is 0. The number of aromatic nitrogens is 4. The van der Waals surface area contributed by atoms with Crippen LogP contribution in [0, 0.1) is 0 Å². The van der Waals surface area contributed by atoms with E-state index < -0.39 is 0 Å². The monoisotopic (exact) mass is 697 g/mol. The lowest BCUT2D eigenvalue weighted by molar-refractivity contribution is -0.115. The fourth-order valence-corrected chi connectivity index (χ4v) is 6.72. The zero-order valence-electron chi connectivity index (χ0n) is 30.3. The molecule has 1 aromatic carbocycles. The zero-order valence-corrected chi connectivity index (χ0v) is 30.3. The number of amides is 1. The highest BCUT2D eigenvalue weighted by atomic mass is 16.1. The highest BCUT2D eigenvalue weighted by Gasteiger charge is 2.26. The van der Waals surface area contributed by atoms with Crippen LogP contribution in [0.15, 0.2) is 122 Å². The molecule has 1 aliphatic rings. The molecule has 10 nitrogen and oxygen atoms in total. The van der Waals surface area contributed by atoms with Gasteiger partial charge in [-0.05, 0) is 72.6 Å². The Hall–Kier alpha value is -4.87. The lowest BCUT2D eigenvalue weighted by Gasteiger charge is -2.39. The predicted molar refractivity (Wildman–Crippen MR) is 206 cm³/mol. The second-order valence-electron chi connectivity index (χ2n) is 13.5. The van der Waals surface area contributed by atoms with Crippen molar-refractivity contribution >= 4 is 11.6 Å². The van der Waals surface area contributed by atoms with Crippen LogP contribution < -0.4 is 5.32 Å². The SMILES string of the molecule is CCC(=O)Nc1ccc(CC2CN(Cc3ccccn3)CCN(Cc3ccccn3)CCN(Cc3ccccn3)CCN2Cc2ccccn2)cc1. The molecule has 270 valence electrons. The molecular formula is C42H51N9O. The topological polar surface area (TPSA) is 93.6 Å². The second-order valence-corrected chi connectivity index (χ2v) is 13.5. The third-order valence-corrected chi connectivity index (χ3v) is 9.61. The summed E-state index contributed by atoms with van der Waals surface area (Å²) in [6, 6.07) is 33.3. The summed E-state index contributed by atoms with van der Waals surface area (Å²) in [7, 11) is 0. The molecule has 5 aromatic rings. The van der Waals surface area contributed by atoms with E-state index in [9.17, 15) is 4.79 Å². The summed E-state index contributed by atoms with van der Waals surface area (Å²) >= 11 is 0. The van der Waals surface area contributed by atoms with Gasteiger partial charge in [0, 0.05) is 115 Å². The minimum absolute atomic E-state index is 0.0195. The predicted octanol–water partition coefficient (Wildman–Crippen LogP) is 5.55. The number of carbonyl (C=O) groups is 1. The lowest BCUT2D eigenvalue weighted by atomic mass is 10.0. The number of rotatable bonds is 12. The van der Waals surface area contributed by atoms with Gasteiger partial charge >= 0.3 is 0 Å². The Morgan fingerprint density at radius 3 is 1.48 bits per heavy atom. The van der Waals surface area contributed by atoms with Crippen molar-refractivity contribution in [2.75, 3.05) is 51.1 Å². The quantitative estimate of drug-likeness (QED) is 0.180. The summed E-state index contributed by atoms with van der Waals surface area (Å²) in [6.07, 6.45) is 8.86. The molecule has 0 saturated carbocycles. The lowest BCUT2D eigenvalue weighted by Crippen LogP contribution is -2.50. The summed E-state index contributed by atoms with van der Waals surface area (Å²) in [5.74, 6) is 0.0195. The molecule has 1 amide bonds. The van der Waals surface area contributed by atoms with Crippen molar-refractivity contribution in [1.29, 1.82) is 0 Å². The van der Waals surface area contributed by atoms with Gasteiger partial charge in [0.1, 0.15) is 0 Å². The van der Waals surface area contributed by atoms with E-state index >= 15 is 0 Å². The van der Waals surface area contributed by atoms with Crippen LogP contribution in [0.25, 0.3) is 0 Å². The van der Waals surface area contributed by atoms with E-state index in [1.807, 2.05) is 68.1 Å². The standard InChI is InChI=1S/C42H51N9O/c1-2-42(52)47-36-17-15-35(16-18-36)29-41-34-50(32-39-13-5-9-21-45-39)26-25-48(30-37-11-3-7-19-43-37)23-24-49(31-38-12-4-8-20-44-38)27-28-51(41)33-40-14-6-10-22-46-40/h3-22,41H,2,23-34H2,1H3,(H,47,52). The van der Waals surface area contributed by atoms with E-state index in [1.54, 1.807) is 0 Å². The Bertz CT molecular complexity index is 1750. The number of nitrogens with one attached hydrogen (secondary N) is 1. The highest BCUT2D eigenvalue weighted by molar-refractivity contribution is 5.90. The fourth-order valence-electron chi connectivity index (χ4n) is 6.72. The molecule has 52 heavy (non-hydrogen) atoms. The maximum absolute atomic E-state index is 12.1. The third-order valence-electron chi connectivity index (χ3n) is 9.61. The minimum Gasteiger partial charge on any atom is -0.326 e. The van der Waals surface area contributed by atoms with Crippen LogP contribution in [0.3, 0.4) is 0 Å². The number of hydrogen-bond donors (Lipinski definition) is 1. The van der Waals surface area contributed by atoms with Gasteiger partial charge in [0.2, 0.25) is 5.91 Å². The van der Waals surface area contributed by atoms with Gasteiger partial charge in [-0.15, -0.1) is 0 Å². The summed E-state index contributed by atoms with van der Waals surface area (Å²) in [4.78, 5) is 41.3. The van der Waals surface area contributed by atoms with Crippen LogP contribution in [0.4, 0.5) is 5.69 Å². The first-order valence-corrected chi connectivity index (χ1v) is 18.5. The van der Waals surface area contributed by atoms with Crippen molar-refractivity contribution in [3.63, 3.8) is 0 Å². The average molecular weight is 698 g/mol. The Morgan fingerprint density at radius 2 is 1.02 bits per heavy atom. The van der Waals surface area contributed by atoms with E-state index in [0.29, 0.717) is 6.42 Å². The van der Waals surface area contributed by atoms with Crippen molar-refractivity contribution in [3.8, 4) is 0 Å². The van der Waals surface area contributed by atoms with Crippen molar-refractivity contribution in [3.05, 3.63) is 150 Å². The Balaban J connectivity index is 1.32. The van der Waals surface area contributed by atoms with Crippen molar-refractivity contribution in [2.24, 2.45) is 0 Å². The van der Waals surface area contributed by atoms with Crippen molar-refractivity contribution < 1.29 is 4.79 Å². The summed E-state index contributed by atoms with van der Waals surface area (Å²) in [6.45, 7) is 11.2. The molecule has 1 atom stereocenters. The molecule has 1 N–H and O–H groups in total. The molecule has 4 aromatic heterocycles. The molecular weight excluding hydrogens is 647 g/mol. The maximum atomic E-state index is 12.1. The molecule has 6 rings (SSSR count). The van der Waals surface area contributed by atoms with Crippen LogP contribution in [0.5, 0.6) is 0 Å². The van der Waals surface area contributed by atoms with E-state index in [4.69, 9.17) is 15.0 Å². The van der Waals surface area contributed by atoms with Gasteiger partial charge in [0.05, 0.1) is 22.8 Å². The van der Waals surface area contributed by atoms with Gasteiger partial charge < -0.3 is 5.32 Å².